The van der Waals surface area contributed by atoms with Gasteiger partial charge in [0.25, 0.3) is 0 Å². The predicted molar refractivity (Wildman–Crippen MR) is 87.7 cm³/mol. The summed E-state index contributed by atoms with van der Waals surface area (Å²) >= 11 is 5.89. The SMILES string of the molecule is COc1ccc(CNC(CO)c2ccc(Cl)cc2)c(OC)c1. The molecule has 0 spiro atoms. The van der Waals surface area contributed by atoms with Gasteiger partial charge >= 0.3 is 0 Å². The highest BCUT2D eigenvalue weighted by molar-refractivity contribution is 6.30. The maximum Gasteiger partial charge on any atom is 0.127 e. The van der Waals surface area contributed by atoms with Crippen LogP contribution in [0.25, 0.3) is 0 Å². The molecular formula is C17H20ClNO3. The average Bonchev–Trinajstić information content (AvgIpc) is 2.56. The number of methoxy groups -OCH3 is 2. The van der Waals surface area contributed by atoms with Gasteiger partial charge in [-0.15, -0.1) is 0 Å². The Labute approximate surface area is 135 Å². The van der Waals surface area contributed by atoms with Crippen molar-refractivity contribution in [2.45, 2.75) is 12.6 Å². The lowest BCUT2D eigenvalue weighted by Crippen LogP contribution is -2.24. The summed E-state index contributed by atoms with van der Waals surface area (Å²) in [6.45, 7) is 0.571. The molecule has 1 unspecified atom stereocenters. The molecule has 1 atom stereocenters. The number of hydrogen-bond acceptors (Lipinski definition) is 4. The van der Waals surface area contributed by atoms with E-state index in [1.165, 1.54) is 0 Å². The molecule has 0 saturated heterocycles. The van der Waals surface area contributed by atoms with Crippen molar-refractivity contribution in [2.75, 3.05) is 20.8 Å². The lowest BCUT2D eigenvalue weighted by atomic mass is 10.1. The summed E-state index contributed by atoms with van der Waals surface area (Å²) in [5.74, 6) is 1.50. The Hall–Kier alpha value is -1.75. The summed E-state index contributed by atoms with van der Waals surface area (Å²) in [5, 5.41) is 13.6. The molecule has 0 aliphatic heterocycles. The molecule has 118 valence electrons. The molecule has 2 N–H and O–H groups in total. The highest BCUT2D eigenvalue weighted by atomic mass is 35.5. The first-order valence-corrected chi connectivity index (χ1v) is 7.36. The van der Waals surface area contributed by atoms with E-state index < -0.39 is 0 Å². The van der Waals surface area contributed by atoms with Gasteiger partial charge in [-0.2, -0.15) is 0 Å². The zero-order chi connectivity index (χ0) is 15.9. The number of aliphatic hydroxyl groups excluding tert-OH is 1. The van der Waals surface area contributed by atoms with Crippen molar-refractivity contribution in [1.29, 1.82) is 0 Å². The molecule has 4 nitrogen and oxygen atoms in total. The molecule has 0 aliphatic rings. The molecule has 0 saturated carbocycles. The lowest BCUT2D eigenvalue weighted by Gasteiger charge is -2.18. The minimum Gasteiger partial charge on any atom is -0.497 e. The summed E-state index contributed by atoms with van der Waals surface area (Å²) < 4.78 is 10.6. The predicted octanol–water partition coefficient (Wildman–Crippen LogP) is 3.18. The van der Waals surface area contributed by atoms with Crippen LogP contribution in [0, 0.1) is 0 Å². The van der Waals surface area contributed by atoms with Crippen LogP contribution in [0.1, 0.15) is 17.2 Å². The van der Waals surface area contributed by atoms with Crippen molar-refractivity contribution in [3.63, 3.8) is 0 Å². The number of halogens is 1. The van der Waals surface area contributed by atoms with Gasteiger partial charge in [0.2, 0.25) is 0 Å². The van der Waals surface area contributed by atoms with Crippen LogP contribution < -0.4 is 14.8 Å². The maximum absolute atomic E-state index is 9.59. The zero-order valence-electron chi connectivity index (χ0n) is 12.7. The van der Waals surface area contributed by atoms with Gasteiger partial charge in [-0.05, 0) is 23.8 Å². The molecule has 0 radical (unpaired) electrons. The third-order valence-electron chi connectivity index (χ3n) is 3.49. The van der Waals surface area contributed by atoms with E-state index in [2.05, 4.69) is 5.32 Å². The van der Waals surface area contributed by atoms with E-state index in [0.29, 0.717) is 11.6 Å². The molecule has 22 heavy (non-hydrogen) atoms. The molecule has 2 rings (SSSR count). The van der Waals surface area contributed by atoms with Crippen LogP contribution in [0.3, 0.4) is 0 Å². The van der Waals surface area contributed by atoms with Crippen LogP contribution in [-0.2, 0) is 6.54 Å². The Morgan fingerprint density at radius 1 is 1.09 bits per heavy atom. The van der Waals surface area contributed by atoms with Gasteiger partial charge in [0.15, 0.2) is 0 Å². The number of benzene rings is 2. The fourth-order valence-electron chi connectivity index (χ4n) is 2.21. The van der Waals surface area contributed by atoms with E-state index >= 15 is 0 Å². The summed E-state index contributed by atoms with van der Waals surface area (Å²) in [5.41, 5.74) is 1.98. The van der Waals surface area contributed by atoms with Crippen LogP contribution in [0.5, 0.6) is 11.5 Å². The van der Waals surface area contributed by atoms with E-state index in [4.69, 9.17) is 21.1 Å². The van der Waals surface area contributed by atoms with Crippen LogP contribution >= 0.6 is 11.6 Å². The Bertz CT molecular complexity index is 601. The first kappa shape index (κ1) is 16.6. The van der Waals surface area contributed by atoms with Gasteiger partial charge in [0, 0.05) is 23.2 Å². The van der Waals surface area contributed by atoms with Crippen molar-refractivity contribution in [3.05, 3.63) is 58.6 Å². The van der Waals surface area contributed by atoms with Gasteiger partial charge < -0.3 is 19.9 Å². The van der Waals surface area contributed by atoms with Crippen molar-refractivity contribution in [2.24, 2.45) is 0 Å². The first-order chi connectivity index (χ1) is 10.7. The van der Waals surface area contributed by atoms with E-state index in [-0.39, 0.29) is 12.6 Å². The summed E-state index contributed by atoms with van der Waals surface area (Å²) in [7, 11) is 3.25. The Balaban J connectivity index is 2.08. The quantitative estimate of drug-likeness (QED) is 0.822. The molecule has 0 fully saturated rings. The normalized spacial score (nSPS) is 12.0. The van der Waals surface area contributed by atoms with Crippen molar-refractivity contribution in [1.82, 2.24) is 5.32 Å². The Morgan fingerprint density at radius 2 is 1.82 bits per heavy atom. The van der Waals surface area contributed by atoms with E-state index in [1.807, 2.05) is 42.5 Å². The van der Waals surface area contributed by atoms with Gasteiger partial charge in [-0.3, -0.25) is 0 Å². The second-order valence-corrected chi connectivity index (χ2v) is 5.28. The number of rotatable bonds is 7. The maximum atomic E-state index is 9.59. The van der Waals surface area contributed by atoms with Crippen LogP contribution in [0.2, 0.25) is 5.02 Å². The standard InChI is InChI=1S/C17H20ClNO3/c1-21-15-8-5-13(17(9-15)22-2)10-19-16(11-20)12-3-6-14(18)7-4-12/h3-9,16,19-20H,10-11H2,1-2H3. The van der Waals surface area contributed by atoms with E-state index in [0.717, 1.165) is 22.6 Å². The van der Waals surface area contributed by atoms with Gasteiger partial charge in [0.05, 0.1) is 26.9 Å². The van der Waals surface area contributed by atoms with Crippen LogP contribution in [-0.4, -0.2) is 25.9 Å². The third kappa shape index (κ3) is 4.13. The molecule has 0 bridgehead atoms. The second-order valence-electron chi connectivity index (χ2n) is 4.85. The van der Waals surface area contributed by atoms with Gasteiger partial charge in [-0.1, -0.05) is 29.8 Å². The van der Waals surface area contributed by atoms with E-state index in [9.17, 15) is 5.11 Å². The topological polar surface area (TPSA) is 50.7 Å². The number of hydrogen-bond donors (Lipinski definition) is 2. The molecular weight excluding hydrogens is 302 g/mol. The van der Waals surface area contributed by atoms with Crippen LogP contribution in [0.15, 0.2) is 42.5 Å². The summed E-state index contributed by atoms with van der Waals surface area (Å²) in [6.07, 6.45) is 0. The van der Waals surface area contributed by atoms with Crippen molar-refractivity contribution < 1.29 is 14.6 Å². The molecule has 0 amide bonds. The second kappa shape index (κ2) is 8.03. The van der Waals surface area contributed by atoms with E-state index in [1.54, 1.807) is 14.2 Å². The van der Waals surface area contributed by atoms with Gasteiger partial charge in [0.1, 0.15) is 11.5 Å². The van der Waals surface area contributed by atoms with Crippen molar-refractivity contribution in [3.8, 4) is 11.5 Å². The smallest absolute Gasteiger partial charge is 0.127 e. The monoisotopic (exact) mass is 321 g/mol. The number of ether oxygens (including phenoxy) is 2. The molecule has 0 aromatic heterocycles. The summed E-state index contributed by atoms with van der Waals surface area (Å²) in [4.78, 5) is 0. The lowest BCUT2D eigenvalue weighted by molar-refractivity contribution is 0.243. The average molecular weight is 322 g/mol. The van der Waals surface area contributed by atoms with Crippen molar-refractivity contribution >= 4 is 11.6 Å². The molecule has 0 heterocycles. The highest BCUT2D eigenvalue weighted by Crippen LogP contribution is 2.25. The Morgan fingerprint density at radius 3 is 2.41 bits per heavy atom. The molecule has 2 aromatic rings. The first-order valence-electron chi connectivity index (χ1n) is 6.98. The number of aliphatic hydroxyl groups is 1. The minimum atomic E-state index is -0.163. The fourth-order valence-corrected chi connectivity index (χ4v) is 2.34. The largest absolute Gasteiger partial charge is 0.497 e. The minimum absolute atomic E-state index is 0.000102. The Kier molecular flexibility index (Phi) is 6.07. The highest BCUT2D eigenvalue weighted by Gasteiger charge is 2.12. The van der Waals surface area contributed by atoms with Crippen LogP contribution in [0.4, 0.5) is 0 Å². The summed E-state index contributed by atoms with van der Waals surface area (Å²) in [6, 6.07) is 12.9. The molecule has 2 aromatic carbocycles. The van der Waals surface area contributed by atoms with Gasteiger partial charge in [-0.25, -0.2) is 0 Å². The zero-order valence-corrected chi connectivity index (χ0v) is 13.4. The molecule has 0 aliphatic carbocycles. The number of nitrogens with one attached hydrogen (secondary N) is 1. The molecule has 5 heteroatoms. The third-order valence-corrected chi connectivity index (χ3v) is 3.74. The fraction of sp³-hybridized carbons (Fsp3) is 0.294.